The van der Waals surface area contributed by atoms with Crippen LogP contribution in [-0.2, 0) is 0 Å². The molecule has 0 aliphatic carbocycles. The molecule has 0 spiro atoms. The lowest BCUT2D eigenvalue weighted by molar-refractivity contribution is 0.102. The number of carbonyl (C=O) groups is 1. The Kier molecular flexibility index (Phi) is 2.45. The summed E-state index contributed by atoms with van der Waals surface area (Å²) in [6.07, 6.45) is 5.69. The fraction of sp³-hybridized carbons (Fsp3) is 0.100. The zero-order chi connectivity index (χ0) is 10.7. The lowest BCUT2D eigenvalue weighted by Crippen LogP contribution is -2.06. The highest BCUT2D eigenvalue weighted by Crippen LogP contribution is 2.15. The van der Waals surface area contributed by atoms with Gasteiger partial charge in [0.25, 0.3) is 0 Å². The van der Waals surface area contributed by atoms with E-state index in [0.29, 0.717) is 5.56 Å². The van der Waals surface area contributed by atoms with Crippen LogP contribution in [0.15, 0.2) is 35.4 Å². The zero-order valence-corrected chi connectivity index (χ0v) is 8.01. The number of methoxy groups -OCH3 is 1. The molecule has 0 aromatic carbocycles. The van der Waals surface area contributed by atoms with Crippen molar-refractivity contribution in [1.29, 1.82) is 0 Å². The Balaban J connectivity index is 2.42. The molecular weight excluding hydrogens is 196 g/mol. The number of rotatable bonds is 3. The van der Waals surface area contributed by atoms with Gasteiger partial charge in [-0.05, 0) is 6.07 Å². The third-order valence-corrected chi connectivity index (χ3v) is 1.86. The lowest BCUT2D eigenvalue weighted by Gasteiger charge is -2.02. The van der Waals surface area contributed by atoms with E-state index >= 15 is 0 Å². The Labute approximate surface area is 85.7 Å². The predicted octanol–water partition coefficient (Wildman–Crippen LogP) is 1.31. The van der Waals surface area contributed by atoms with Gasteiger partial charge in [-0.15, -0.1) is 0 Å². The number of ketones is 1. The fourth-order valence-electron chi connectivity index (χ4n) is 1.16. The van der Waals surface area contributed by atoms with E-state index in [1.807, 2.05) is 0 Å². The predicted molar refractivity (Wildman–Crippen MR) is 50.7 cm³/mol. The summed E-state index contributed by atoms with van der Waals surface area (Å²) in [5, 5.41) is 0. The largest absolute Gasteiger partial charge is 0.479 e. The van der Waals surface area contributed by atoms with Crippen molar-refractivity contribution in [3.05, 3.63) is 42.2 Å². The quantitative estimate of drug-likeness (QED) is 0.705. The number of hydrogen-bond donors (Lipinski definition) is 0. The van der Waals surface area contributed by atoms with E-state index in [4.69, 9.17) is 9.15 Å². The van der Waals surface area contributed by atoms with Gasteiger partial charge >= 0.3 is 0 Å². The molecule has 0 saturated heterocycles. The molecule has 2 aromatic rings. The van der Waals surface area contributed by atoms with E-state index in [9.17, 15) is 4.79 Å². The molecule has 2 aromatic heterocycles. The summed E-state index contributed by atoms with van der Waals surface area (Å²) in [5.41, 5.74) is 0.607. The van der Waals surface area contributed by atoms with Crippen LogP contribution in [-0.4, -0.2) is 22.9 Å². The normalized spacial score (nSPS) is 9.93. The van der Waals surface area contributed by atoms with Gasteiger partial charge in [-0.2, -0.15) is 0 Å². The molecule has 0 saturated carbocycles. The van der Waals surface area contributed by atoms with E-state index in [-0.39, 0.29) is 17.4 Å². The SMILES string of the molecule is COc1nccnc1C(=O)c1ccoc1. The monoisotopic (exact) mass is 204 g/mol. The molecule has 0 aliphatic heterocycles. The first-order valence-electron chi connectivity index (χ1n) is 4.25. The third kappa shape index (κ3) is 1.71. The lowest BCUT2D eigenvalue weighted by atomic mass is 10.1. The highest BCUT2D eigenvalue weighted by atomic mass is 16.5. The maximum absolute atomic E-state index is 11.8. The molecule has 2 rings (SSSR count). The second-order valence-corrected chi connectivity index (χ2v) is 2.76. The molecule has 0 atom stereocenters. The van der Waals surface area contributed by atoms with Crippen LogP contribution in [0.3, 0.4) is 0 Å². The second-order valence-electron chi connectivity index (χ2n) is 2.76. The van der Waals surface area contributed by atoms with Crippen LogP contribution in [0.25, 0.3) is 0 Å². The minimum Gasteiger partial charge on any atom is -0.479 e. The average molecular weight is 204 g/mol. The van der Waals surface area contributed by atoms with E-state index in [1.54, 1.807) is 6.07 Å². The van der Waals surface area contributed by atoms with Crippen molar-refractivity contribution in [3.8, 4) is 5.88 Å². The van der Waals surface area contributed by atoms with Gasteiger partial charge in [0.1, 0.15) is 6.26 Å². The third-order valence-electron chi connectivity index (χ3n) is 1.86. The van der Waals surface area contributed by atoms with Crippen molar-refractivity contribution in [1.82, 2.24) is 9.97 Å². The zero-order valence-electron chi connectivity index (χ0n) is 8.01. The molecule has 0 amide bonds. The van der Waals surface area contributed by atoms with Gasteiger partial charge in [-0.3, -0.25) is 4.79 Å². The first-order chi connectivity index (χ1) is 7.33. The van der Waals surface area contributed by atoms with Crippen molar-refractivity contribution in [2.45, 2.75) is 0 Å². The molecule has 0 aliphatic rings. The number of hydrogen-bond acceptors (Lipinski definition) is 5. The summed E-state index contributed by atoms with van der Waals surface area (Å²) < 4.78 is 9.76. The number of nitrogens with zero attached hydrogens (tertiary/aromatic N) is 2. The molecule has 5 nitrogen and oxygen atoms in total. The van der Waals surface area contributed by atoms with Gasteiger partial charge in [0, 0.05) is 12.4 Å². The van der Waals surface area contributed by atoms with Crippen molar-refractivity contribution >= 4 is 5.78 Å². The Hall–Kier alpha value is -2.17. The Bertz CT molecular complexity index is 465. The number of carbonyl (C=O) groups excluding carboxylic acids is 1. The molecule has 15 heavy (non-hydrogen) atoms. The minimum absolute atomic E-state index is 0.182. The van der Waals surface area contributed by atoms with Gasteiger partial charge < -0.3 is 9.15 Å². The van der Waals surface area contributed by atoms with E-state index < -0.39 is 0 Å². The molecule has 0 unspecified atom stereocenters. The number of ether oxygens (including phenoxy) is 1. The Morgan fingerprint density at radius 2 is 2.20 bits per heavy atom. The molecule has 76 valence electrons. The van der Waals surface area contributed by atoms with Crippen LogP contribution >= 0.6 is 0 Å². The summed E-state index contributed by atoms with van der Waals surface area (Å²) in [6.45, 7) is 0. The molecule has 0 fully saturated rings. The Morgan fingerprint density at radius 1 is 1.40 bits per heavy atom. The topological polar surface area (TPSA) is 65.2 Å². The van der Waals surface area contributed by atoms with Crippen molar-refractivity contribution in [3.63, 3.8) is 0 Å². The Morgan fingerprint density at radius 3 is 2.87 bits per heavy atom. The summed E-state index contributed by atoms with van der Waals surface area (Å²) in [4.78, 5) is 19.7. The van der Waals surface area contributed by atoms with Gasteiger partial charge in [0.2, 0.25) is 11.7 Å². The number of aromatic nitrogens is 2. The molecule has 2 heterocycles. The van der Waals surface area contributed by atoms with Crippen LogP contribution in [0.5, 0.6) is 5.88 Å². The van der Waals surface area contributed by atoms with Crippen LogP contribution < -0.4 is 4.74 Å². The van der Waals surface area contributed by atoms with Gasteiger partial charge in [0.15, 0.2) is 5.69 Å². The smallest absolute Gasteiger partial charge is 0.243 e. The minimum atomic E-state index is -0.270. The van der Waals surface area contributed by atoms with Gasteiger partial charge in [-0.1, -0.05) is 0 Å². The van der Waals surface area contributed by atoms with Crippen molar-refractivity contribution in [2.24, 2.45) is 0 Å². The summed E-state index contributed by atoms with van der Waals surface area (Å²) in [7, 11) is 1.44. The molecule has 5 heteroatoms. The van der Waals surface area contributed by atoms with Crippen LogP contribution in [0.4, 0.5) is 0 Å². The van der Waals surface area contributed by atoms with Gasteiger partial charge in [-0.25, -0.2) is 9.97 Å². The first kappa shape index (κ1) is 9.39. The summed E-state index contributed by atoms with van der Waals surface area (Å²) >= 11 is 0. The van der Waals surface area contributed by atoms with E-state index in [0.717, 1.165) is 0 Å². The van der Waals surface area contributed by atoms with Gasteiger partial charge in [0.05, 0.1) is 18.9 Å². The maximum Gasteiger partial charge on any atom is 0.243 e. The molecular formula is C10H8N2O3. The van der Waals surface area contributed by atoms with Crippen LogP contribution in [0.2, 0.25) is 0 Å². The molecule has 0 N–H and O–H groups in total. The standard InChI is InChI=1S/C10H8N2O3/c1-14-10-8(11-3-4-12-10)9(13)7-2-5-15-6-7/h2-6H,1H3. The maximum atomic E-state index is 11.8. The number of furan rings is 1. The highest BCUT2D eigenvalue weighted by molar-refractivity contribution is 6.08. The molecule has 0 radical (unpaired) electrons. The summed E-state index contributed by atoms with van der Waals surface area (Å²) in [5.74, 6) is -0.0580. The second kappa shape index (κ2) is 3.91. The van der Waals surface area contributed by atoms with Crippen molar-refractivity contribution < 1.29 is 13.9 Å². The van der Waals surface area contributed by atoms with Crippen LogP contribution in [0.1, 0.15) is 16.1 Å². The molecule has 0 bridgehead atoms. The van der Waals surface area contributed by atoms with E-state index in [1.165, 1.54) is 32.0 Å². The fourth-order valence-corrected chi connectivity index (χ4v) is 1.16. The highest BCUT2D eigenvalue weighted by Gasteiger charge is 2.17. The average Bonchev–Trinajstić information content (AvgIpc) is 2.81. The first-order valence-corrected chi connectivity index (χ1v) is 4.25. The van der Waals surface area contributed by atoms with Crippen LogP contribution in [0, 0.1) is 0 Å². The van der Waals surface area contributed by atoms with Crippen molar-refractivity contribution in [2.75, 3.05) is 7.11 Å². The van der Waals surface area contributed by atoms with E-state index in [2.05, 4.69) is 9.97 Å². The summed E-state index contributed by atoms with van der Waals surface area (Å²) in [6, 6.07) is 1.57.